The number of carbonyl (C=O) groups excluding carboxylic acids is 1. The Labute approximate surface area is 121 Å². The van der Waals surface area contributed by atoms with Gasteiger partial charge in [-0.3, -0.25) is 9.69 Å². The van der Waals surface area contributed by atoms with Gasteiger partial charge in [0.2, 0.25) is 5.91 Å². The van der Waals surface area contributed by atoms with Crippen LogP contribution < -0.4 is 5.32 Å². The van der Waals surface area contributed by atoms with Crippen LogP contribution in [0.15, 0.2) is 0 Å². The molecule has 2 saturated heterocycles. The minimum absolute atomic E-state index is 0.0625. The minimum Gasteiger partial charge on any atom is -0.395 e. The molecule has 3 atom stereocenters. The predicted octanol–water partition coefficient (Wildman–Crippen LogP) is 0.0436. The van der Waals surface area contributed by atoms with Gasteiger partial charge in [0.25, 0.3) is 0 Å². The molecule has 0 radical (unpaired) electrons. The van der Waals surface area contributed by atoms with E-state index in [4.69, 9.17) is 5.11 Å². The van der Waals surface area contributed by atoms with Crippen LogP contribution in [-0.4, -0.2) is 72.2 Å². The van der Waals surface area contributed by atoms with Gasteiger partial charge in [-0.1, -0.05) is 12.8 Å². The molecule has 0 aromatic carbocycles. The van der Waals surface area contributed by atoms with Crippen LogP contribution >= 0.6 is 0 Å². The van der Waals surface area contributed by atoms with Gasteiger partial charge in [0.15, 0.2) is 0 Å². The first-order valence-corrected chi connectivity index (χ1v) is 8.16. The number of hydrogen-bond acceptors (Lipinski definition) is 4. The third-order valence-electron chi connectivity index (χ3n) is 5.26. The number of hydrogen-bond donors (Lipinski definition) is 2. The topological polar surface area (TPSA) is 55.8 Å². The lowest BCUT2D eigenvalue weighted by molar-refractivity contribution is -0.135. The highest BCUT2D eigenvalue weighted by molar-refractivity contribution is 5.82. The van der Waals surface area contributed by atoms with Crippen LogP contribution in [0, 0.1) is 5.92 Å². The van der Waals surface area contributed by atoms with Crippen molar-refractivity contribution in [1.82, 2.24) is 15.1 Å². The number of fused-ring (bicyclic) bond motifs is 1. The van der Waals surface area contributed by atoms with Crippen LogP contribution in [0.2, 0.25) is 0 Å². The highest BCUT2D eigenvalue weighted by Gasteiger charge is 2.40. The summed E-state index contributed by atoms with van der Waals surface area (Å²) in [4.78, 5) is 16.8. The summed E-state index contributed by atoms with van der Waals surface area (Å²) in [5.74, 6) is 1.04. The molecule has 20 heavy (non-hydrogen) atoms. The average Bonchev–Trinajstić information content (AvgIpc) is 2.91. The quantitative estimate of drug-likeness (QED) is 0.767. The van der Waals surface area contributed by atoms with Crippen LogP contribution in [0.5, 0.6) is 0 Å². The number of aliphatic hydroxyl groups is 1. The summed E-state index contributed by atoms with van der Waals surface area (Å²) in [6.07, 6.45) is 6.24. The number of carbonyl (C=O) groups is 1. The van der Waals surface area contributed by atoms with E-state index in [1.54, 1.807) is 0 Å². The first-order valence-electron chi connectivity index (χ1n) is 8.16. The molecule has 3 unspecified atom stereocenters. The first kappa shape index (κ1) is 14.3. The fourth-order valence-electron chi connectivity index (χ4n) is 4.06. The fourth-order valence-corrected chi connectivity index (χ4v) is 4.06. The fraction of sp³-hybridized carbons (Fsp3) is 0.933. The monoisotopic (exact) mass is 281 g/mol. The normalized spacial score (nSPS) is 35.0. The molecule has 1 aliphatic carbocycles. The third-order valence-corrected chi connectivity index (χ3v) is 5.26. The highest BCUT2D eigenvalue weighted by atomic mass is 16.3. The smallest absolute Gasteiger partial charge is 0.239 e. The second-order valence-corrected chi connectivity index (χ2v) is 6.50. The van der Waals surface area contributed by atoms with Crippen molar-refractivity contribution in [3.8, 4) is 0 Å². The Balaban J connectivity index is 1.50. The molecule has 1 saturated carbocycles. The standard InChI is InChI=1S/C15H27N3O2/c19-10-9-17-5-7-18(8-6-17)15(20)14-11-12-3-1-2-4-13(12)16-14/h12-14,16,19H,1-11H2. The van der Waals surface area contributed by atoms with Gasteiger partial charge in [-0.25, -0.2) is 0 Å². The van der Waals surface area contributed by atoms with E-state index in [2.05, 4.69) is 10.2 Å². The molecule has 0 bridgehead atoms. The summed E-state index contributed by atoms with van der Waals surface area (Å²) >= 11 is 0. The van der Waals surface area contributed by atoms with Gasteiger partial charge in [-0.15, -0.1) is 0 Å². The Kier molecular flexibility index (Phi) is 4.58. The number of amides is 1. The lowest BCUT2D eigenvalue weighted by Gasteiger charge is -2.35. The maximum atomic E-state index is 12.6. The number of rotatable bonds is 3. The SMILES string of the molecule is O=C(C1CC2CCCCC2N1)N1CCN(CCO)CC1. The lowest BCUT2D eigenvalue weighted by Crippen LogP contribution is -2.53. The Bertz CT molecular complexity index is 328. The zero-order valence-corrected chi connectivity index (χ0v) is 12.3. The molecule has 3 fully saturated rings. The first-order chi connectivity index (χ1) is 9.78. The highest BCUT2D eigenvalue weighted by Crippen LogP contribution is 2.33. The zero-order chi connectivity index (χ0) is 13.9. The predicted molar refractivity (Wildman–Crippen MR) is 77.4 cm³/mol. The molecular weight excluding hydrogens is 254 g/mol. The van der Waals surface area contributed by atoms with Crippen LogP contribution in [-0.2, 0) is 4.79 Å². The Morgan fingerprint density at radius 3 is 2.60 bits per heavy atom. The molecule has 3 aliphatic rings. The van der Waals surface area contributed by atoms with E-state index >= 15 is 0 Å². The average molecular weight is 281 g/mol. The van der Waals surface area contributed by atoms with Crippen LogP contribution in [0.4, 0.5) is 0 Å². The number of piperazine rings is 1. The van der Waals surface area contributed by atoms with Gasteiger partial charge in [0, 0.05) is 38.8 Å². The summed E-state index contributed by atoms with van der Waals surface area (Å²) < 4.78 is 0. The third kappa shape index (κ3) is 3.00. The molecule has 0 aromatic heterocycles. The summed E-state index contributed by atoms with van der Waals surface area (Å²) in [5.41, 5.74) is 0. The van der Waals surface area contributed by atoms with Crippen molar-refractivity contribution in [2.24, 2.45) is 5.92 Å². The number of aliphatic hydroxyl groups excluding tert-OH is 1. The summed E-state index contributed by atoms with van der Waals surface area (Å²) in [5, 5.41) is 12.5. The van der Waals surface area contributed by atoms with Crippen molar-refractivity contribution in [1.29, 1.82) is 0 Å². The molecule has 1 amide bonds. The molecule has 114 valence electrons. The second-order valence-electron chi connectivity index (χ2n) is 6.50. The molecule has 5 heteroatoms. The molecule has 0 spiro atoms. The van der Waals surface area contributed by atoms with Gasteiger partial charge in [0.1, 0.15) is 0 Å². The van der Waals surface area contributed by atoms with Crippen LogP contribution in [0.3, 0.4) is 0 Å². The minimum atomic E-state index is 0.0625. The van der Waals surface area contributed by atoms with Crippen molar-refractivity contribution in [2.45, 2.75) is 44.2 Å². The van der Waals surface area contributed by atoms with Crippen molar-refractivity contribution < 1.29 is 9.90 Å². The van der Waals surface area contributed by atoms with Crippen LogP contribution in [0.1, 0.15) is 32.1 Å². The van der Waals surface area contributed by atoms with Gasteiger partial charge >= 0.3 is 0 Å². The van der Waals surface area contributed by atoms with Crippen LogP contribution in [0.25, 0.3) is 0 Å². The van der Waals surface area contributed by atoms with E-state index in [9.17, 15) is 4.79 Å². The Morgan fingerprint density at radius 1 is 1.15 bits per heavy atom. The number of nitrogens with one attached hydrogen (secondary N) is 1. The summed E-state index contributed by atoms with van der Waals surface area (Å²) in [6.45, 7) is 4.35. The van der Waals surface area contributed by atoms with E-state index < -0.39 is 0 Å². The molecule has 2 heterocycles. The molecule has 5 nitrogen and oxygen atoms in total. The van der Waals surface area contributed by atoms with Crippen molar-refractivity contribution >= 4 is 5.91 Å². The molecule has 2 aliphatic heterocycles. The Hall–Kier alpha value is -0.650. The van der Waals surface area contributed by atoms with Gasteiger partial charge in [0.05, 0.1) is 12.6 Å². The summed E-state index contributed by atoms with van der Waals surface area (Å²) in [7, 11) is 0. The van der Waals surface area contributed by atoms with Crippen molar-refractivity contribution in [3.05, 3.63) is 0 Å². The molecule has 0 aromatic rings. The van der Waals surface area contributed by atoms with Gasteiger partial charge in [-0.05, 0) is 25.2 Å². The molecule has 3 rings (SSSR count). The maximum absolute atomic E-state index is 12.6. The number of nitrogens with zero attached hydrogens (tertiary/aromatic N) is 2. The zero-order valence-electron chi connectivity index (χ0n) is 12.3. The van der Waals surface area contributed by atoms with E-state index in [1.165, 1.54) is 25.7 Å². The summed E-state index contributed by atoms with van der Waals surface area (Å²) in [6, 6.07) is 0.654. The lowest BCUT2D eigenvalue weighted by atomic mass is 9.85. The van der Waals surface area contributed by atoms with E-state index in [0.29, 0.717) is 11.9 Å². The molecular formula is C15H27N3O2. The largest absolute Gasteiger partial charge is 0.395 e. The number of β-amino-alcohol motifs (C(OH)–C–C–N with tert-alkyl or cyclic N) is 1. The van der Waals surface area contributed by atoms with E-state index in [0.717, 1.165) is 45.1 Å². The van der Waals surface area contributed by atoms with Gasteiger partial charge in [-0.2, -0.15) is 0 Å². The van der Waals surface area contributed by atoms with Crippen molar-refractivity contribution in [3.63, 3.8) is 0 Å². The van der Waals surface area contributed by atoms with E-state index in [-0.39, 0.29) is 12.6 Å². The second kappa shape index (κ2) is 6.41. The maximum Gasteiger partial charge on any atom is 0.239 e. The molecule has 2 N–H and O–H groups in total. The Morgan fingerprint density at radius 2 is 1.90 bits per heavy atom. The van der Waals surface area contributed by atoms with E-state index in [1.807, 2.05) is 4.90 Å². The van der Waals surface area contributed by atoms with Gasteiger partial charge < -0.3 is 15.3 Å². The van der Waals surface area contributed by atoms with Crippen molar-refractivity contribution in [2.75, 3.05) is 39.3 Å².